The Morgan fingerprint density at radius 2 is 1.68 bits per heavy atom. The average Bonchev–Trinajstić information content (AvgIpc) is 3.43. The van der Waals surface area contributed by atoms with E-state index in [0.29, 0.717) is 5.69 Å². The van der Waals surface area contributed by atoms with Crippen molar-refractivity contribution in [1.82, 2.24) is 30.1 Å². The van der Waals surface area contributed by atoms with E-state index in [1.54, 1.807) is 30.9 Å². The van der Waals surface area contributed by atoms with Gasteiger partial charge in [0, 0.05) is 40.4 Å². The third kappa shape index (κ3) is 2.91. The third-order valence-electron chi connectivity index (χ3n) is 5.38. The second-order valence-corrected chi connectivity index (χ2v) is 7.30. The lowest BCUT2D eigenvalue weighted by Crippen LogP contribution is -1.85. The fourth-order valence-electron chi connectivity index (χ4n) is 3.91. The third-order valence-corrected chi connectivity index (χ3v) is 5.38. The number of hydrogen-bond donors (Lipinski definition) is 3. The molecule has 0 spiro atoms. The van der Waals surface area contributed by atoms with Crippen molar-refractivity contribution < 1.29 is 5.11 Å². The van der Waals surface area contributed by atoms with Gasteiger partial charge in [-0.25, -0.2) is 0 Å². The van der Waals surface area contributed by atoms with Gasteiger partial charge < -0.3 is 10.1 Å². The van der Waals surface area contributed by atoms with Crippen LogP contribution >= 0.6 is 0 Å². The summed E-state index contributed by atoms with van der Waals surface area (Å²) in [5, 5.41) is 19.4. The number of fused-ring (bicyclic) bond motifs is 2. The number of nitrogens with zero attached hydrogens (tertiary/aromatic N) is 4. The van der Waals surface area contributed by atoms with Crippen LogP contribution in [-0.2, 0) is 0 Å². The maximum Gasteiger partial charge on any atom is 0.134 e. The monoisotopic (exact) mass is 404 g/mol. The van der Waals surface area contributed by atoms with E-state index in [4.69, 9.17) is 0 Å². The molecule has 7 heteroatoms. The van der Waals surface area contributed by atoms with Crippen LogP contribution < -0.4 is 0 Å². The van der Waals surface area contributed by atoms with Crippen LogP contribution in [0.2, 0.25) is 0 Å². The fraction of sp³-hybridized carbons (Fsp3) is 0. The Morgan fingerprint density at radius 3 is 2.55 bits per heavy atom. The largest absolute Gasteiger partial charge is 0.506 e. The summed E-state index contributed by atoms with van der Waals surface area (Å²) in [6.45, 7) is 0. The Balaban J connectivity index is 1.51. The zero-order valence-electron chi connectivity index (χ0n) is 16.2. The maximum atomic E-state index is 9.76. The van der Waals surface area contributed by atoms with E-state index in [2.05, 4.69) is 48.3 Å². The molecule has 0 saturated heterocycles. The van der Waals surface area contributed by atoms with E-state index in [9.17, 15) is 5.11 Å². The van der Waals surface area contributed by atoms with E-state index in [1.165, 1.54) is 6.20 Å². The molecule has 6 rings (SSSR count). The summed E-state index contributed by atoms with van der Waals surface area (Å²) in [4.78, 5) is 16.2. The van der Waals surface area contributed by atoms with Gasteiger partial charge in [0.25, 0.3) is 0 Å². The predicted molar refractivity (Wildman–Crippen MR) is 119 cm³/mol. The van der Waals surface area contributed by atoms with Gasteiger partial charge >= 0.3 is 0 Å². The molecule has 31 heavy (non-hydrogen) atoms. The summed E-state index contributed by atoms with van der Waals surface area (Å²) in [6.07, 6.45) is 8.42. The quantitative estimate of drug-likeness (QED) is 0.388. The highest BCUT2D eigenvalue weighted by Crippen LogP contribution is 2.34. The van der Waals surface area contributed by atoms with Crippen molar-refractivity contribution in [3.63, 3.8) is 0 Å². The second kappa shape index (κ2) is 6.77. The molecule has 148 valence electrons. The molecular weight excluding hydrogens is 388 g/mol. The van der Waals surface area contributed by atoms with E-state index < -0.39 is 0 Å². The molecule has 3 N–H and O–H groups in total. The highest BCUT2D eigenvalue weighted by molar-refractivity contribution is 6.01. The van der Waals surface area contributed by atoms with Gasteiger partial charge in [-0.1, -0.05) is 12.1 Å². The lowest BCUT2D eigenvalue weighted by Gasteiger charge is -2.02. The molecule has 0 aliphatic heterocycles. The van der Waals surface area contributed by atoms with E-state index in [1.807, 2.05) is 24.3 Å². The first-order valence-electron chi connectivity index (χ1n) is 9.77. The van der Waals surface area contributed by atoms with Crippen molar-refractivity contribution in [2.24, 2.45) is 0 Å². The van der Waals surface area contributed by atoms with E-state index >= 15 is 0 Å². The zero-order chi connectivity index (χ0) is 20.8. The minimum absolute atomic E-state index is 0.103. The summed E-state index contributed by atoms with van der Waals surface area (Å²) in [7, 11) is 0. The topological polar surface area (TPSA) is 103 Å². The average molecular weight is 404 g/mol. The van der Waals surface area contributed by atoms with E-state index in [-0.39, 0.29) is 5.75 Å². The minimum atomic E-state index is 0.103. The Bertz CT molecular complexity index is 1550. The van der Waals surface area contributed by atoms with Crippen molar-refractivity contribution >= 4 is 21.8 Å². The number of H-pyrrole nitrogens is 2. The number of pyridine rings is 3. The van der Waals surface area contributed by atoms with Crippen LogP contribution in [0, 0.1) is 0 Å². The predicted octanol–water partition coefficient (Wildman–Crippen LogP) is 4.94. The Labute approximate surface area is 176 Å². The molecule has 1 aromatic carbocycles. The van der Waals surface area contributed by atoms with Gasteiger partial charge in [-0.05, 0) is 47.5 Å². The number of rotatable bonds is 3. The smallest absolute Gasteiger partial charge is 0.134 e. The first-order chi connectivity index (χ1) is 15.3. The van der Waals surface area contributed by atoms with Gasteiger partial charge in [-0.2, -0.15) is 5.10 Å². The number of hydrogen-bond acceptors (Lipinski definition) is 5. The van der Waals surface area contributed by atoms with Gasteiger partial charge in [-0.15, -0.1) is 0 Å². The summed E-state index contributed by atoms with van der Waals surface area (Å²) in [5.41, 5.74) is 7.29. The lowest BCUT2D eigenvalue weighted by molar-refractivity contribution is 0.473. The van der Waals surface area contributed by atoms with Gasteiger partial charge in [0.15, 0.2) is 0 Å². The number of aromatic amines is 2. The zero-order valence-corrected chi connectivity index (χ0v) is 16.2. The van der Waals surface area contributed by atoms with Crippen LogP contribution in [0.4, 0.5) is 0 Å². The van der Waals surface area contributed by atoms with Gasteiger partial charge in [-0.3, -0.25) is 20.1 Å². The highest BCUT2D eigenvalue weighted by atomic mass is 16.3. The summed E-state index contributed by atoms with van der Waals surface area (Å²) < 4.78 is 0. The van der Waals surface area contributed by atoms with Crippen LogP contribution in [0.1, 0.15) is 0 Å². The number of benzene rings is 1. The molecule has 0 fully saturated rings. The Hall–Kier alpha value is -4.52. The van der Waals surface area contributed by atoms with Crippen LogP contribution in [0.25, 0.3) is 55.6 Å². The summed E-state index contributed by atoms with van der Waals surface area (Å²) in [6, 6.07) is 15.9. The molecular formula is C24H16N6O. The number of aromatic nitrogens is 6. The standard InChI is InChI=1S/C24H16N6O/c31-16-8-15(11-26-12-16)21-10-19-23(13-27-21)29-30-24(19)22-9-18-17(2-1-3-20(18)28-22)14-4-6-25-7-5-14/h1-13,28,31H,(H,29,30). The normalized spacial score (nSPS) is 11.4. The van der Waals surface area contributed by atoms with Crippen molar-refractivity contribution in [3.05, 3.63) is 79.5 Å². The fourth-order valence-corrected chi connectivity index (χ4v) is 3.91. The van der Waals surface area contributed by atoms with Crippen molar-refractivity contribution in [2.45, 2.75) is 0 Å². The van der Waals surface area contributed by atoms with Gasteiger partial charge in [0.1, 0.15) is 11.4 Å². The van der Waals surface area contributed by atoms with Crippen LogP contribution in [0.15, 0.2) is 79.5 Å². The molecule has 0 unspecified atom stereocenters. The molecule has 6 aromatic rings. The van der Waals surface area contributed by atoms with Crippen LogP contribution in [0.3, 0.4) is 0 Å². The summed E-state index contributed by atoms with van der Waals surface area (Å²) in [5.74, 6) is 0.103. The Kier molecular flexibility index (Phi) is 3.79. The number of aromatic hydroxyl groups is 1. The van der Waals surface area contributed by atoms with Gasteiger partial charge in [0.05, 0.1) is 29.3 Å². The second-order valence-electron chi connectivity index (χ2n) is 7.30. The molecule has 5 heterocycles. The van der Waals surface area contributed by atoms with E-state index in [0.717, 1.165) is 49.9 Å². The highest BCUT2D eigenvalue weighted by Gasteiger charge is 2.15. The first kappa shape index (κ1) is 17.3. The molecule has 0 aliphatic rings. The first-order valence-corrected chi connectivity index (χ1v) is 9.77. The molecule has 0 bridgehead atoms. The minimum Gasteiger partial charge on any atom is -0.506 e. The Morgan fingerprint density at radius 1 is 0.774 bits per heavy atom. The molecule has 0 aliphatic carbocycles. The molecule has 0 saturated carbocycles. The van der Waals surface area contributed by atoms with Crippen molar-refractivity contribution in [3.8, 4) is 39.5 Å². The number of nitrogens with one attached hydrogen (secondary N) is 2. The SMILES string of the molecule is Oc1cncc(-c2cc3c(-c4cc5c(-c6ccncc6)cccc5[nH]4)n[nH]c3cn2)c1. The molecule has 0 radical (unpaired) electrons. The lowest BCUT2D eigenvalue weighted by atomic mass is 10.0. The molecule has 7 nitrogen and oxygen atoms in total. The van der Waals surface area contributed by atoms with Gasteiger partial charge in [0.2, 0.25) is 0 Å². The molecule has 5 aromatic heterocycles. The van der Waals surface area contributed by atoms with Crippen molar-refractivity contribution in [2.75, 3.05) is 0 Å². The van der Waals surface area contributed by atoms with Crippen molar-refractivity contribution in [1.29, 1.82) is 0 Å². The molecule has 0 atom stereocenters. The maximum absolute atomic E-state index is 9.76. The van der Waals surface area contributed by atoms with Crippen LogP contribution in [-0.4, -0.2) is 35.2 Å². The summed E-state index contributed by atoms with van der Waals surface area (Å²) >= 11 is 0. The molecule has 0 amide bonds. The van der Waals surface area contributed by atoms with Crippen LogP contribution in [0.5, 0.6) is 5.75 Å².